The van der Waals surface area contributed by atoms with Crippen LogP contribution in [0, 0.1) is 0 Å². The Balaban J connectivity index is 1.80. The molecule has 35 heavy (non-hydrogen) atoms. The molecule has 0 aliphatic carbocycles. The molecule has 13 nitrogen and oxygen atoms in total. The highest BCUT2D eigenvalue weighted by Crippen LogP contribution is 2.24. The molecule has 1 aromatic rings. The van der Waals surface area contributed by atoms with Gasteiger partial charge in [0.15, 0.2) is 5.78 Å². The van der Waals surface area contributed by atoms with E-state index >= 15 is 0 Å². The van der Waals surface area contributed by atoms with Crippen LogP contribution in [0.3, 0.4) is 0 Å². The molecule has 13 heteroatoms. The third kappa shape index (κ3) is 5.80. The maximum atomic E-state index is 13.3. The number of hydrazine groups is 2. The average molecular weight is 487 g/mol. The number of carboxylic acids is 1. The van der Waals surface area contributed by atoms with E-state index in [1.54, 1.807) is 0 Å². The van der Waals surface area contributed by atoms with Crippen LogP contribution < -0.4 is 10.7 Å². The topological polar surface area (TPSA) is 173 Å². The minimum Gasteiger partial charge on any atom is -0.481 e. The number of aliphatic carboxylic acids is 1. The summed E-state index contributed by atoms with van der Waals surface area (Å²) in [5.41, 5.74) is 3.02. The van der Waals surface area contributed by atoms with Crippen LogP contribution in [0.5, 0.6) is 0 Å². The van der Waals surface area contributed by atoms with E-state index in [-0.39, 0.29) is 43.6 Å². The lowest BCUT2D eigenvalue weighted by Crippen LogP contribution is -2.64. The van der Waals surface area contributed by atoms with E-state index in [1.165, 1.54) is 31.2 Å². The van der Waals surface area contributed by atoms with Gasteiger partial charge in [-0.15, -0.1) is 0 Å². The maximum Gasteiger partial charge on any atom is 0.358 e. The molecule has 2 aliphatic rings. The van der Waals surface area contributed by atoms with Crippen molar-refractivity contribution in [3.05, 3.63) is 35.4 Å². The second kappa shape index (κ2) is 10.8. The zero-order chi connectivity index (χ0) is 25.7. The lowest BCUT2D eigenvalue weighted by molar-refractivity contribution is -0.155. The quantitative estimate of drug-likeness (QED) is 0.332. The van der Waals surface area contributed by atoms with Crippen LogP contribution in [0.1, 0.15) is 53.3 Å². The summed E-state index contributed by atoms with van der Waals surface area (Å²) in [5, 5.41) is 14.2. The Kier molecular flexibility index (Phi) is 7.79. The van der Waals surface area contributed by atoms with Crippen molar-refractivity contribution in [1.82, 2.24) is 25.8 Å². The number of carbonyl (C=O) groups excluding carboxylic acids is 6. The number of nitrogens with zero attached hydrogens (tertiary/aromatic N) is 3. The van der Waals surface area contributed by atoms with Gasteiger partial charge in [0, 0.05) is 24.1 Å². The normalized spacial score (nSPS) is 18.8. The van der Waals surface area contributed by atoms with Gasteiger partial charge in [-0.25, -0.2) is 19.8 Å². The van der Waals surface area contributed by atoms with Gasteiger partial charge in [0.2, 0.25) is 11.8 Å². The van der Waals surface area contributed by atoms with Gasteiger partial charge in [0.1, 0.15) is 12.3 Å². The summed E-state index contributed by atoms with van der Waals surface area (Å²) in [4.78, 5) is 85.2. The molecular weight excluding hydrogens is 462 g/mol. The van der Waals surface area contributed by atoms with E-state index in [0.29, 0.717) is 12.0 Å². The van der Waals surface area contributed by atoms with Crippen molar-refractivity contribution in [2.24, 2.45) is 0 Å². The monoisotopic (exact) mass is 487 g/mol. The second-order valence-electron chi connectivity index (χ2n) is 8.13. The standard InChI is InChI=1S/C22H25N5O8/c1-13(29)14-4-6-15(7-5-14)20(33)24-25-10-8-18(30)26-9-2-3-17(27(26)22(25)35)21(34)23-16(12-28)11-19(31)32/h4-7,12,16-17H,2-3,8-11H2,1H3,(H,23,34)(H,24,33)(H,31,32)/t16-,17-/m0/s1. The zero-order valence-electron chi connectivity index (χ0n) is 18.9. The Hall–Kier alpha value is -4.29. The van der Waals surface area contributed by atoms with E-state index in [1.807, 2.05) is 0 Å². The van der Waals surface area contributed by atoms with Crippen LogP contribution in [0.2, 0.25) is 0 Å². The Morgan fingerprint density at radius 3 is 2.37 bits per heavy atom. The highest BCUT2D eigenvalue weighted by molar-refractivity contribution is 5.99. The van der Waals surface area contributed by atoms with Crippen molar-refractivity contribution in [2.45, 2.75) is 44.7 Å². The van der Waals surface area contributed by atoms with Gasteiger partial charge >= 0.3 is 12.0 Å². The molecular formula is C22H25N5O8. The molecule has 2 aliphatic heterocycles. The molecule has 0 unspecified atom stereocenters. The highest BCUT2D eigenvalue weighted by Gasteiger charge is 2.44. The number of hydrogen-bond donors (Lipinski definition) is 3. The molecule has 186 valence electrons. The number of carbonyl (C=O) groups is 7. The molecule has 0 aromatic heterocycles. The first kappa shape index (κ1) is 25.3. The van der Waals surface area contributed by atoms with Crippen molar-refractivity contribution in [1.29, 1.82) is 0 Å². The summed E-state index contributed by atoms with van der Waals surface area (Å²) in [5.74, 6) is -3.35. The molecule has 5 amide bonds. The van der Waals surface area contributed by atoms with E-state index in [9.17, 15) is 33.6 Å². The third-order valence-corrected chi connectivity index (χ3v) is 5.65. The van der Waals surface area contributed by atoms with Crippen LogP contribution in [0.4, 0.5) is 4.79 Å². The lowest BCUT2D eigenvalue weighted by Gasteiger charge is -2.42. The number of aldehydes is 1. The van der Waals surface area contributed by atoms with Crippen LogP contribution in [-0.2, 0) is 19.2 Å². The minimum atomic E-state index is -1.30. The second-order valence-corrected chi connectivity index (χ2v) is 8.13. The van der Waals surface area contributed by atoms with Crippen molar-refractivity contribution < 1.29 is 38.7 Å². The molecule has 2 heterocycles. The predicted molar refractivity (Wildman–Crippen MR) is 117 cm³/mol. The molecule has 2 atom stereocenters. The molecule has 0 bridgehead atoms. The molecule has 0 radical (unpaired) electrons. The summed E-state index contributed by atoms with van der Waals surface area (Å²) in [7, 11) is 0. The van der Waals surface area contributed by atoms with Crippen LogP contribution >= 0.6 is 0 Å². The number of urea groups is 1. The smallest absolute Gasteiger partial charge is 0.358 e. The average Bonchev–Trinajstić information content (AvgIpc) is 2.95. The third-order valence-electron chi connectivity index (χ3n) is 5.65. The van der Waals surface area contributed by atoms with Crippen molar-refractivity contribution >= 4 is 41.8 Å². The van der Waals surface area contributed by atoms with E-state index in [2.05, 4.69) is 10.7 Å². The number of ketones is 1. The van der Waals surface area contributed by atoms with Crippen molar-refractivity contribution in [3.8, 4) is 0 Å². The van der Waals surface area contributed by atoms with Gasteiger partial charge in [0.25, 0.3) is 5.91 Å². The number of fused-ring (bicyclic) bond motifs is 1. The number of nitrogens with one attached hydrogen (secondary N) is 2. The fourth-order valence-corrected chi connectivity index (χ4v) is 3.86. The number of hydrogen-bond acceptors (Lipinski definition) is 7. The van der Waals surface area contributed by atoms with Crippen LogP contribution in [0.15, 0.2) is 24.3 Å². The number of benzene rings is 1. The molecule has 3 N–H and O–H groups in total. The Morgan fingerprint density at radius 2 is 1.77 bits per heavy atom. The van der Waals surface area contributed by atoms with Crippen molar-refractivity contribution in [2.75, 3.05) is 13.1 Å². The first-order valence-electron chi connectivity index (χ1n) is 10.9. The summed E-state index contributed by atoms with van der Waals surface area (Å²) < 4.78 is 0. The van der Waals surface area contributed by atoms with Gasteiger partial charge in [0.05, 0.1) is 19.0 Å². The SMILES string of the molecule is CC(=O)c1ccc(C(=O)NN2CCC(=O)N3CCC[C@@H](C(=O)N[C@H](C=O)CC(=O)O)N3C2=O)cc1. The highest BCUT2D eigenvalue weighted by atomic mass is 16.4. The first-order valence-corrected chi connectivity index (χ1v) is 10.9. The number of carboxylic acid groups (broad SMARTS) is 1. The fraction of sp³-hybridized carbons (Fsp3) is 0.409. The maximum absolute atomic E-state index is 13.3. The Morgan fingerprint density at radius 1 is 1.11 bits per heavy atom. The number of rotatable bonds is 8. The summed E-state index contributed by atoms with van der Waals surface area (Å²) in [6.45, 7) is 1.42. The summed E-state index contributed by atoms with van der Waals surface area (Å²) >= 11 is 0. The van der Waals surface area contributed by atoms with Gasteiger partial charge in [-0.1, -0.05) is 12.1 Å². The molecule has 2 fully saturated rings. The Labute approximate surface area is 200 Å². The van der Waals surface area contributed by atoms with Gasteiger partial charge < -0.3 is 15.2 Å². The molecule has 0 spiro atoms. The van der Waals surface area contributed by atoms with E-state index < -0.39 is 48.2 Å². The Bertz CT molecular complexity index is 1060. The van der Waals surface area contributed by atoms with Gasteiger partial charge in [-0.3, -0.25) is 29.4 Å². The molecule has 3 rings (SSSR count). The lowest BCUT2D eigenvalue weighted by atomic mass is 10.1. The summed E-state index contributed by atoms with van der Waals surface area (Å²) in [6, 6.07) is 2.46. The minimum absolute atomic E-state index is 0.115. The molecule has 0 saturated carbocycles. The summed E-state index contributed by atoms with van der Waals surface area (Å²) in [6.07, 6.45) is 0.0899. The number of Topliss-reactive ketones (excluding diaryl/α,β-unsaturated/α-hetero) is 1. The number of amides is 5. The van der Waals surface area contributed by atoms with Crippen molar-refractivity contribution in [3.63, 3.8) is 0 Å². The predicted octanol–water partition coefficient (Wildman–Crippen LogP) is -0.274. The molecule has 1 aromatic carbocycles. The van der Waals surface area contributed by atoms with E-state index in [4.69, 9.17) is 5.11 Å². The van der Waals surface area contributed by atoms with Gasteiger partial charge in [-0.2, -0.15) is 0 Å². The zero-order valence-corrected chi connectivity index (χ0v) is 18.9. The molecule has 2 saturated heterocycles. The fourth-order valence-electron chi connectivity index (χ4n) is 3.86. The first-order chi connectivity index (χ1) is 16.6. The van der Waals surface area contributed by atoms with Crippen LogP contribution in [-0.4, -0.2) is 87.1 Å². The van der Waals surface area contributed by atoms with Crippen LogP contribution in [0.25, 0.3) is 0 Å². The largest absolute Gasteiger partial charge is 0.481 e. The van der Waals surface area contributed by atoms with Gasteiger partial charge in [-0.05, 0) is 31.9 Å². The van der Waals surface area contributed by atoms with E-state index in [0.717, 1.165) is 15.0 Å².